The number of aryl methyl sites for hydroxylation is 1. The van der Waals surface area contributed by atoms with Gasteiger partial charge >= 0.3 is 0 Å². The van der Waals surface area contributed by atoms with Gasteiger partial charge in [-0.1, -0.05) is 6.07 Å². The number of rotatable bonds is 5. The number of benzene rings is 1. The van der Waals surface area contributed by atoms with Crippen LogP contribution in [0.4, 0.5) is 11.6 Å². The van der Waals surface area contributed by atoms with Crippen molar-refractivity contribution in [3.8, 4) is 11.6 Å². The molecule has 2 unspecified atom stereocenters. The Hall–Kier alpha value is -3.47. The van der Waals surface area contributed by atoms with Gasteiger partial charge in [0.2, 0.25) is 11.8 Å². The molecule has 0 amide bonds. The highest BCUT2D eigenvalue weighted by molar-refractivity contribution is 5.84. The predicted molar refractivity (Wildman–Crippen MR) is 120 cm³/mol. The number of aromatic nitrogens is 5. The maximum absolute atomic E-state index is 6.32. The molecule has 1 aromatic carbocycles. The quantitative estimate of drug-likeness (QED) is 0.452. The van der Waals surface area contributed by atoms with Crippen LogP contribution in [0.25, 0.3) is 16.7 Å². The standard InChI is InChI=1S/C23H23N7O3/c1-29-11-15(10-25-29)30-6-4-18-19(30)21(32-16-5-7-31-12-16)28-23(27-18)26-14-3-2-13-9-24-22-20(33-22)17(13)8-14/h2-4,6,8,10-11,16,20,22,24H,5,7,9,12H2,1H3,(H,26,27,28)/t16-,20?,22?/m0/s1. The van der Waals surface area contributed by atoms with Gasteiger partial charge in [-0.25, -0.2) is 4.98 Å². The average molecular weight is 445 g/mol. The maximum atomic E-state index is 6.32. The smallest absolute Gasteiger partial charge is 0.244 e. The van der Waals surface area contributed by atoms with E-state index in [1.54, 1.807) is 4.68 Å². The van der Waals surface area contributed by atoms with Crippen molar-refractivity contribution in [3.63, 3.8) is 0 Å². The summed E-state index contributed by atoms with van der Waals surface area (Å²) in [6.07, 6.45) is 6.80. The number of anilines is 2. The van der Waals surface area contributed by atoms with Crippen LogP contribution >= 0.6 is 0 Å². The molecule has 3 aliphatic rings. The predicted octanol–water partition coefficient (Wildman–Crippen LogP) is 2.57. The van der Waals surface area contributed by atoms with E-state index in [1.165, 1.54) is 11.1 Å². The second-order valence-electron chi connectivity index (χ2n) is 8.64. The van der Waals surface area contributed by atoms with Gasteiger partial charge in [0.25, 0.3) is 0 Å². The summed E-state index contributed by atoms with van der Waals surface area (Å²) in [5.74, 6) is 1.02. The third kappa shape index (κ3) is 3.34. The summed E-state index contributed by atoms with van der Waals surface area (Å²) in [7, 11) is 1.89. The summed E-state index contributed by atoms with van der Waals surface area (Å²) in [5.41, 5.74) is 5.92. The molecule has 2 saturated heterocycles. The Morgan fingerprint density at radius 3 is 3.06 bits per heavy atom. The molecule has 3 aromatic heterocycles. The monoisotopic (exact) mass is 445 g/mol. The lowest BCUT2D eigenvalue weighted by atomic mass is 10.0. The van der Waals surface area contributed by atoms with Gasteiger partial charge in [0.1, 0.15) is 24.0 Å². The fraction of sp³-hybridized carbons (Fsp3) is 0.348. The summed E-state index contributed by atoms with van der Waals surface area (Å²) >= 11 is 0. The molecule has 0 aliphatic carbocycles. The summed E-state index contributed by atoms with van der Waals surface area (Å²) in [5, 5.41) is 11.0. The Kier molecular flexibility index (Phi) is 4.20. The van der Waals surface area contributed by atoms with E-state index in [-0.39, 0.29) is 18.4 Å². The minimum Gasteiger partial charge on any atom is -0.470 e. The van der Waals surface area contributed by atoms with Crippen LogP contribution in [-0.2, 0) is 23.1 Å². The fourth-order valence-corrected chi connectivity index (χ4v) is 4.61. The Balaban J connectivity index is 1.28. The highest BCUT2D eigenvalue weighted by Gasteiger charge is 2.44. The van der Waals surface area contributed by atoms with Crippen molar-refractivity contribution < 1.29 is 14.2 Å². The van der Waals surface area contributed by atoms with Crippen molar-refractivity contribution in [3.05, 3.63) is 54.0 Å². The van der Waals surface area contributed by atoms with Crippen LogP contribution in [0.2, 0.25) is 0 Å². The van der Waals surface area contributed by atoms with Crippen LogP contribution in [0, 0.1) is 0 Å². The summed E-state index contributed by atoms with van der Waals surface area (Å²) in [6, 6.07) is 8.26. The Bertz CT molecular complexity index is 1360. The molecule has 6 heterocycles. The number of nitrogens with zero attached hydrogens (tertiary/aromatic N) is 5. The highest BCUT2D eigenvalue weighted by atomic mass is 16.6. The molecule has 10 heteroatoms. The van der Waals surface area contributed by atoms with E-state index in [4.69, 9.17) is 24.2 Å². The van der Waals surface area contributed by atoms with Gasteiger partial charge in [-0.05, 0) is 29.3 Å². The molecule has 0 spiro atoms. The highest BCUT2D eigenvalue weighted by Crippen LogP contribution is 2.43. The number of hydrogen-bond donors (Lipinski definition) is 2. The molecule has 4 aromatic rings. The molecule has 10 nitrogen and oxygen atoms in total. The van der Waals surface area contributed by atoms with E-state index in [2.05, 4.69) is 27.9 Å². The second kappa shape index (κ2) is 7.27. The molecule has 168 valence electrons. The molecular weight excluding hydrogens is 422 g/mol. The van der Waals surface area contributed by atoms with Gasteiger partial charge in [-0.2, -0.15) is 10.1 Å². The first-order valence-corrected chi connectivity index (χ1v) is 11.1. The minimum absolute atomic E-state index is 0.0339. The van der Waals surface area contributed by atoms with Crippen LogP contribution < -0.4 is 15.4 Å². The van der Waals surface area contributed by atoms with Crippen molar-refractivity contribution in [2.24, 2.45) is 7.05 Å². The van der Waals surface area contributed by atoms with Crippen LogP contribution in [0.5, 0.6) is 5.88 Å². The third-order valence-corrected chi connectivity index (χ3v) is 6.33. The molecule has 0 radical (unpaired) electrons. The fourth-order valence-electron chi connectivity index (χ4n) is 4.61. The van der Waals surface area contributed by atoms with Gasteiger partial charge in [0.05, 0.1) is 30.6 Å². The number of ether oxygens (including phenoxy) is 3. The van der Waals surface area contributed by atoms with Crippen LogP contribution in [0.1, 0.15) is 23.7 Å². The number of hydrogen-bond acceptors (Lipinski definition) is 8. The SMILES string of the molecule is Cn1cc(-n2ccc3nc(Nc4ccc5c(c4)C4OC4NC5)nc(O[C@H]4CCOC4)c32)cn1. The molecule has 3 aliphatic heterocycles. The van der Waals surface area contributed by atoms with Gasteiger partial charge in [0, 0.05) is 38.1 Å². The lowest BCUT2D eigenvalue weighted by molar-refractivity contribution is 0.139. The van der Waals surface area contributed by atoms with Gasteiger partial charge < -0.3 is 24.1 Å². The van der Waals surface area contributed by atoms with Crippen LogP contribution in [-0.4, -0.2) is 49.9 Å². The Labute approximate surface area is 189 Å². The largest absolute Gasteiger partial charge is 0.470 e. The number of epoxide rings is 1. The Morgan fingerprint density at radius 2 is 2.21 bits per heavy atom. The van der Waals surface area contributed by atoms with E-state index in [1.807, 2.05) is 42.3 Å². The summed E-state index contributed by atoms with van der Waals surface area (Å²) < 4.78 is 21.3. The summed E-state index contributed by atoms with van der Waals surface area (Å²) in [4.78, 5) is 9.55. The first kappa shape index (κ1) is 19.0. The molecular formula is C23H23N7O3. The molecule has 2 N–H and O–H groups in total. The van der Waals surface area contributed by atoms with Gasteiger partial charge in [-0.15, -0.1) is 0 Å². The topological polar surface area (TPSA) is 104 Å². The second-order valence-corrected chi connectivity index (χ2v) is 8.64. The normalized spacial score (nSPS) is 23.4. The van der Waals surface area contributed by atoms with Crippen molar-refractivity contribution in [1.82, 2.24) is 29.6 Å². The van der Waals surface area contributed by atoms with Crippen molar-refractivity contribution in [1.29, 1.82) is 0 Å². The average Bonchev–Trinajstić information content (AvgIpc) is 3.13. The molecule has 7 rings (SSSR count). The van der Waals surface area contributed by atoms with Gasteiger partial charge in [-0.3, -0.25) is 10.00 Å². The zero-order valence-electron chi connectivity index (χ0n) is 18.1. The minimum atomic E-state index is -0.0339. The van der Waals surface area contributed by atoms with E-state index >= 15 is 0 Å². The van der Waals surface area contributed by atoms with Crippen molar-refractivity contribution >= 4 is 22.7 Å². The maximum Gasteiger partial charge on any atom is 0.244 e. The van der Waals surface area contributed by atoms with E-state index in [0.717, 1.165) is 35.4 Å². The van der Waals surface area contributed by atoms with E-state index in [0.29, 0.717) is 25.0 Å². The van der Waals surface area contributed by atoms with Crippen molar-refractivity contribution in [2.45, 2.75) is 31.4 Å². The summed E-state index contributed by atoms with van der Waals surface area (Å²) in [6.45, 7) is 2.08. The van der Waals surface area contributed by atoms with Crippen LogP contribution in [0.15, 0.2) is 42.9 Å². The molecule has 2 fully saturated rings. The molecule has 3 atom stereocenters. The first-order chi connectivity index (χ1) is 16.2. The molecule has 0 bridgehead atoms. The zero-order chi connectivity index (χ0) is 21.9. The van der Waals surface area contributed by atoms with Crippen LogP contribution in [0.3, 0.4) is 0 Å². The first-order valence-electron chi connectivity index (χ1n) is 11.1. The molecule has 0 saturated carbocycles. The van der Waals surface area contributed by atoms with E-state index in [9.17, 15) is 0 Å². The van der Waals surface area contributed by atoms with Crippen molar-refractivity contribution in [2.75, 3.05) is 18.5 Å². The third-order valence-electron chi connectivity index (χ3n) is 6.33. The Morgan fingerprint density at radius 1 is 1.24 bits per heavy atom. The number of fused-ring (bicyclic) bond motifs is 4. The lowest BCUT2D eigenvalue weighted by Gasteiger charge is -2.16. The lowest BCUT2D eigenvalue weighted by Crippen LogP contribution is -2.22. The van der Waals surface area contributed by atoms with Gasteiger partial charge in [0.15, 0.2) is 0 Å². The van der Waals surface area contributed by atoms with E-state index < -0.39 is 0 Å². The zero-order valence-corrected chi connectivity index (χ0v) is 18.1. The number of nitrogens with one attached hydrogen (secondary N) is 2. The molecule has 33 heavy (non-hydrogen) atoms.